The minimum absolute atomic E-state index is 0.0863. The zero-order valence-corrected chi connectivity index (χ0v) is 19.3. The minimum Gasteiger partial charge on any atom is -0.496 e. The number of hydrogen-bond donors (Lipinski definition) is 1. The van der Waals surface area contributed by atoms with Gasteiger partial charge in [-0.3, -0.25) is 4.79 Å². The van der Waals surface area contributed by atoms with E-state index in [2.05, 4.69) is 5.32 Å². The van der Waals surface area contributed by atoms with Gasteiger partial charge >= 0.3 is 0 Å². The Morgan fingerprint density at radius 2 is 1.68 bits per heavy atom. The SMILES string of the molecule is COc1cccc(OC)c1CNC(=O)C1CCN(S(=O)(=O)c2cc(C)ccc2C)CC1. The highest BCUT2D eigenvalue weighted by Crippen LogP contribution is 2.29. The van der Waals surface area contributed by atoms with E-state index in [0.717, 1.165) is 16.7 Å². The molecule has 0 aliphatic carbocycles. The van der Waals surface area contributed by atoms with Crippen LogP contribution in [0, 0.1) is 19.8 Å². The lowest BCUT2D eigenvalue weighted by Gasteiger charge is -2.31. The van der Waals surface area contributed by atoms with Crippen molar-refractivity contribution in [1.29, 1.82) is 0 Å². The second kappa shape index (κ2) is 9.70. The molecule has 1 saturated heterocycles. The summed E-state index contributed by atoms with van der Waals surface area (Å²) in [6, 6.07) is 10.9. The van der Waals surface area contributed by atoms with Gasteiger partial charge in [-0.05, 0) is 56.0 Å². The Bertz CT molecular complexity index is 1020. The first-order valence-corrected chi connectivity index (χ1v) is 11.8. The van der Waals surface area contributed by atoms with E-state index >= 15 is 0 Å². The predicted octanol–water partition coefficient (Wildman–Crippen LogP) is 3.04. The van der Waals surface area contributed by atoms with Gasteiger partial charge in [0.05, 0.1) is 31.2 Å². The van der Waals surface area contributed by atoms with Crippen molar-refractivity contribution in [2.24, 2.45) is 5.92 Å². The van der Waals surface area contributed by atoms with Gasteiger partial charge < -0.3 is 14.8 Å². The number of methoxy groups -OCH3 is 2. The Kier molecular flexibility index (Phi) is 7.23. The highest BCUT2D eigenvalue weighted by Gasteiger charge is 2.33. The number of carbonyl (C=O) groups excluding carboxylic acids is 1. The number of amides is 1. The first kappa shape index (κ1) is 23.1. The Morgan fingerprint density at radius 3 is 2.26 bits per heavy atom. The lowest BCUT2D eigenvalue weighted by atomic mass is 9.97. The number of benzene rings is 2. The summed E-state index contributed by atoms with van der Waals surface area (Å²) < 4.78 is 38.4. The lowest BCUT2D eigenvalue weighted by molar-refractivity contribution is -0.126. The zero-order valence-electron chi connectivity index (χ0n) is 18.5. The van der Waals surface area contributed by atoms with Crippen LogP contribution in [0.3, 0.4) is 0 Å². The van der Waals surface area contributed by atoms with Crippen molar-refractivity contribution in [1.82, 2.24) is 9.62 Å². The van der Waals surface area contributed by atoms with Crippen molar-refractivity contribution >= 4 is 15.9 Å². The molecule has 0 spiro atoms. The molecule has 0 saturated carbocycles. The number of aryl methyl sites for hydroxylation is 2. The molecule has 2 aromatic rings. The molecule has 0 radical (unpaired) electrons. The second-order valence-corrected chi connectivity index (χ2v) is 9.71. The summed E-state index contributed by atoms with van der Waals surface area (Å²) in [5, 5.41) is 2.95. The van der Waals surface area contributed by atoms with Crippen LogP contribution < -0.4 is 14.8 Å². The summed E-state index contributed by atoms with van der Waals surface area (Å²) in [5.41, 5.74) is 2.41. The molecule has 1 amide bonds. The van der Waals surface area contributed by atoms with E-state index in [1.807, 2.05) is 37.3 Å². The van der Waals surface area contributed by atoms with Crippen molar-refractivity contribution < 1.29 is 22.7 Å². The highest BCUT2D eigenvalue weighted by atomic mass is 32.2. The van der Waals surface area contributed by atoms with Gasteiger partial charge in [-0.1, -0.05) is 18.2 Å². The first-order chi connectivity index (χ1) is 14.8. The van der Waals surface area contributed by atoms with Crippen molar-refractivity contribution in [3.05, 3.63) is 53.1 Å². The number of nitrogens with one attached hydrogen (secondary N) is 1. The number of piperidine rings is 1. The maximum Gasteiger partial charge on any atom is 0.243 e. The van der Waals surface area contributed by atoms with Gasteiger partial charge in [-0.2, -0.15) is 4.31 Å². The van der Waals surface area contributed by atoms with E-state index < -0.39 is 10.0 Å². The number of nitrogens with zero attached hydrogens (tertiary/aromatic N) is 1. The van der Waals surface area contributed by atoms with Gasteiger partial charge in [0.15, 0.2) is 0 Å². The summed E-state index contributed by atoms with van der Waals surface area (Å²) in [4.78, 5) is 13.1. The van der Waals surface area contributed by atoms with Crippen LogP contribution in [0.4, 0.5) is 0 Å². The predicted molar refractivity (Wildman–Crippen MR) is 119 cm³/mol. The Labute approximate surface area is 184 Å². The molecule has 168 valence electrons. The fourth-order valence-electron chi connectivity index (χ4n) is 3.90. The van der Waals surface area contributed by atoms with Gasteiger partial charge in [0, 0.05) is 19.0 Å². The Hall–Kier alpha value is -2.58. The smallest absolute Gasteiger partial charge is 0.243 e. The number of sulfonamides is 1. The standard InChI is InChI=1S/C23H30N2O5S/c1-16-8-9-17(2)22(14-16)31(27,28)25-12-10-18(11-13-25)23(26)24-15-19-20(29-3)6-5-7-21(19)30-4/h5-9,14,18H,10-13,15H2,1-4H3,(H,24,26). The second-order valence-electron chi connectivity index (χ2n) is 7.81. The quantitative estimate of drug-likeness (QED) is 0.707. The molecule has 0 aromatic heterocycles. The molecule has 1 fully saturated rings. The number of rotatable bonds is 7. The van der Waals surface area contributed by atoms with Crippen LogP contribution in [0.25, 0.3) is 0 Å². The van der Waals surface area contributed by atoms with E-state index in [0.29, 0.717) is 42.3 Å². The van der Waals surface area contributed by atoms with Gasteiger partial charge in [-0.25, -0.2) is 8.42 Å². The molecule has 31 heavy (non-hydrogen) atoms. The summed E-state index contributed by atoms with van der Waals surface area (Å²) in [6.07, 6.45) is 0.970. The molecule has 0 atom stereocenters. The van der Waals surface area contributed by atoms with E-state index in [1.54, 1.807) is 27.2 Å². The fourth-order valence-corrected chi connectivity index (χ4v) is 5.68. The molecular weight excluding hydrogens is 416 g/mol. The molecule has 7 nitrogen and oxygen atoms in total. The molecular formula is C23H30N2O5S. The molecule has 1 aliphatic rings. The van der Waals surface area contributed by atoms with Crippen LogP contribution in [0.5, 0.6) is 11.5 Å². The largest absolute Gasteiger partial charge is 0.496 e. The highest BCUT2D eigenvalue weighted by molar-refractivity contribution is 7.89. The average Bonchev–Trinajstić information content (AvgIpc) is 2.78. The first-order valence-electron chi connectivity index (χ1n) is 10.3. The van der Waals surface area contributed by atoms with Crippen LogP contribution in [0.1, 0.15) is 29.5 Å². The molecule has 1 N–H and O–H groups in total. The van der Waals surface area contributed by atoms with Crippen LogP contribution in [-0.2, 0) is 21.4 Å². The normalized spacial score (nSPS) is 15.5. The Morgan fingerprint density at radius 1 is 1.06 bits per heavy atom. The third-order valence-corrected chi connectivity index (χ3v) is 7.80. The lowest BCUT2D eigenvalue weighted by Crippen LogP contribution is -2.43. The molecule has 0 bridgehead atoms. The topological polar surface area (TPSA) is 84.9 Å². The third kappa shape index (κ3) is 5.02. The minimum atomic E-state index is -3.57. The zero-order chi connectivity index (χ0) is 22.6. The number of carbonyl (C=O) groups is 1. The maximum absolute atomic E-state index is 13.1. The van der Waals surface area contributed by atoms with Crippen molar-refractivity contribution in [2.75, 3.05) is 27.3 Å². The van der Waals surface area contributed by atoms with Crippen molar-refractivity contribution in [2.45, 2.75) is 38.1 Å². The van der Waals surface area contributed by atoms with Gasteiger partial charge in [0.1, 0.15) is 11.5 Å². The van der Waals surface area contributed by atoms with Crippen LogP contribution in [-0.4, -0.2) is 45.9 Å². The maximum atomic E-state index is 13.1. The summed E-state index contributed by atoms with van der Waals surface area (Å²) in [6.45, 7) is 4.62. The van der Waals surface area contributed by atoms with E-state index in [9.17, 15) is 13.2 Å². The van der Waals surface area contributed by atoms with E-state index in [-0.39, 0.29) is 18.4 Å². The molecule has 2 aromatic carbocycles. The molecule has 3 rings (SSSR count). The third-order valence-electron chi connectivity index (χ3n) is 5.76. The number of hydrogen-bond acceptors (Lipinski definition) is 5. The molecule has 8 heteroatoms. The number of ether oxygens (including phenoxy) is 2. The van der Waals surface area contributed by atoms with Crippen LogP contribution in [0.2, 0.25) is 0 Å². The van der Waals surface area contributed by atoms with Gasteiger partial charge in [0.2, 0.25) is 15.9 Å². The van der Waals surface area contributed by atoms with Gasteiger partial charge in [0.25, 0.3) is 0 Å². The van der Waals surface area contributed by atoms with Crippen LogP contribution in [0.15, 0.2) is 41.3 Å². The summed E-state index contributed by atoms with van der Waals surface area (Å²) in [5.74, 6) is 0.977. The van der Waals surface area contributed by atoms with E-state index in [4.69, 9.17) is 9.47 Å². The average molecular weight is 447 g/mol. The molecule has 0 unspecified atom stereocenters. The Balaban J connectivity index is 1.62. The van der Waals surface area contributed by atoms with Gasteiger partial charge in [-0.15, -0.1) is 0 Å². The fraction of sp³-hybridized carbons (Fsp3) is 0.435. The van der Waals surface area contributed by atoms with Crippen molar-refractivity contribution in [3.63, 3.8) is 0 Å². The molecule has 1 heterocycles. The molecule has 1 aliphatic heterocycles. The van der Waals surface area contributed by atoms with E-state index in [1.165, 1.54) is 4.31 Å². The summed E-state index contributed by atoms with van der Waals surface area (Å²) in [7, 11) is -0.418. The monoisotopic (exact) mass is 446 g/mol. The van der Waals surface area contributed by atoms with Crippen molar-refractivity contribution in [3.8, 4) is 11.5 Å². The summed E-state index contributed by atoms with van der Waals surface area (Å²) >= 11 is 0. The van der Waals surface area contributed by atoms with Crippen LogP contribution >= 0.6 is 0 Å².